The summed E-state index contributed by atoms with van der Waals surface area (Å²) in [6, 6.07) is 8.87. The van der Waals surface area contributed by atoms with E-state index < -0.39 is 0 Å². The molecule has 16 heavy (non-hydrogen) atoms. The minimum Gasteiger partial charge on any atom is -0.0915 e. The van der Waals surface area contributed by atoms with E-state index in [4.69, 9.17) is 0 Å². The van der Waals surface area contributed by atoms with Crippen molar-refractivity contribution in [3.8, 4) is 0 Å². The number of allylic oxidation sites excluding steroid dienone is 4. The Morgan fingerprint density at radius 1 is 1.06 bits per heavy atom. The van der Waals surface area contributed by atoms with Crippen molar-refractivity contribution < 1.29 is 0 Å². The zero-order valence-corrected chi connectivity index (χ0v) is 12.2. The van der Waals surface area contributed by atoms with Crippen LogP contribution in [0.5, 0.6) is 0 Å². The fourth-order valence-electron chi connectivity index (χ4n) is 1.98. The highest BCUT2D eigenvalue weighted by atomic mass is 79.9. The summed E-state index contributed by atoms with van der Waals surface area (Å²) < 4.78 is 0. The van der Waals surface area contributed by atoms with E-state index in [9.17, 15) is 0 Å². The van der Waals surface area contributed by atoms with Gasteiger partial charge in [-0.3, -0.25) is 0 Å². The van der Waals surface area contributed by atoms with Crippen LogP contribution in [0.4, 0.5) is 0 Å². The molecule has 2 rings (SSSR count). The van der Waals surface area contributed by atoms with Crippen molar-refractivity contribution in [3.05, 3.63) is 59.7 Å². The standard InChI is InChI=1S/C14H14Br2/c15-10-12-4-6-13(7-5-12)14(11-16)8-2-1-3-9-14/h1-8H,9-11H2. The van der Waals surface area contributed by atoms with Gasteiger partial charge in [0.15, 0.2) is 0 Å². The fraction of sp³-hybridized carbons (Fsp3) is 0.286. The van der Waals surface area contributed by atoms with Gasteiger partial charge in [0.05, 0.1) is 0 Å². The Balaban J connectivity index is 2.33. The second-order valence-corrected chi connectivity index (χ2v) is 5.23. The average molecular weight is 342 g/mol. The van der Waals surface area contributed by atoms with Crippen molar-refractivity contribution >= 4 is 31.9 Å². The predicted octanol–water partition coefficient (Wildman–Crippen LogP) is 4.73. The highest BCUT2D eigenvalue weighted by molar-refractivity contribution is 9.09. The first-order valence-electron chi connectivity index (χ1n) is 5.36. The molecule has 1 aromatic rings. The van der Waals surface area contributed by atoms with Crippen LogP contribution >= 0.6 is 31.9 Å². The van der Waals surface area contributed by atoms with E-state index in [1.54, 1.807) is 0 Å². The first-order chi connectivity index (χ1) is 7.80. The van der Waals surface area contributed by atoms with Gasteiger partial charge < -0.3 is 0 Å². The number of benzene rings is 1. The summed E-state index contributed by atoms with van der Waals surface area (Å²) in [4.78, 5) is 0. The lowest BCUT2D eigenvalue weighted by atomic mass is 9.77. The van der Waals surface area contributed by atoms with Crippen LogP contribution < -0.4 is 0 Å². The van der Waals surface area contributed by atoms with Crippen LogP contribution in [0.1, 0.15) is 17.5 Å². The minimum absolute atomic E-state index is 0.138. The van der Waals surface area contributed by atoms with E-state index in [1.165, 1.54) is 11.1 Å². The van der Waals surface area contributed by atoms with Crippen molar-refractivity contribution in [2.45, 2.75) is 17.2 Å². The molecule has 1 aromatic carbocycles. The van der Waals surface area contributed by atoms with Crippen molar-refractivity contribution in [1.29, 1.82) is 0 Å². The van der Waals surface area contributed by atoms with Gasteiger partial charge in [0.2, 0.25) is 0 Å². The minimum atomic E-state index is 0.138. The second-order valence-electron chi connectivity index (χ2n) is 4.11. The Hall–Kier alpha value is -0.340. The van der Waals surface area contributed by atoms with Gasteiger partial charge in [0.1, 0.15) is 0 Å². The van der Waals surface area contributed by atoms with E-state index in [0.717, 1.165) is 17.1 Å². The normalized spacial score (nSPS) is 23.6. The maximum atomic E-state index is 3.65. The molecule has 1 aliphatic rings. The molecular weight excluding hydrogens is 328 g/mol. The first-order valence-corrected chi connectivity index (χ1v) is 7.61. The number of hydrogen-bond acceptors (Lipinski definition) is 0. The molecule has 1 aliphatic carbocycles. The molecule has 1 atom stereocenters. The highest BCUT2D eigenvalue weighted by Crippen LogP contribution is 2.34. The van der Waals surface area contributed by atoms with Crippen LogP contribution in [0.25, 0.3) is 0 Å². The summed E-state index contributed by atoms with van der Waals surface area (Å²) in [6.45, 7) is 0. The van der Waals surface area contributed by atoms with E-state index >= 15 is 0 Å². The number of rotatable bonds is 3. The maximum absolute atomic E-state index is 3.65. The monoisotopic (exact) mass is 340 g/mol. The van der Waals surface area contributed by atoms with Gasteiger partial charge in [-0.15, -0.1) is 0 Å². The van der Waals surface area contributed by atoms with Gasteiger partial charge in [0, 0.05) is 16.1 Å². The molecule has 0 radical (unpaired) electrons. The molecule has 84 valence electrons. The van der Waals surface area contributed by atoms with Gasteiger partial charge in [-0.05, 0) is 17.5 Å². The van der Waals surface area contributed by atoms with Gasteiger partial charge in [0.25, 0.3) is 0 Å². The molecule has 2 heteroatoms. The third-order valence-corrected chi connectivity index (χ3v) is 4.71. The zero-order valence-electron chi connectivity index (χ0n) is 9.00. The summed E-state index contributed by atoms with van der Waals surface area (Å²) >= 11 is 7.12. The fourth-order valence-corrected chi connectivity index (χ4v) is 3.09. The topological polar surface area (TPSA) is 0 Å². The van der Waals surface area contributed by atoms with Gasteiger partial charge in [-0.1, -0.05) is 80.4 Å². The lowest BCUT2D eigenvalue weighted by Crippen LogP contribution is -2.25. The Labute approximate surface area is 114 Å². The number of hydrogen-bond donors (Lipinski definition) is 0. The third-order valence-electron chi connectivity index (χ3n) is 3.07. The predicted molar refractivity (Wildman–Crippen MR) is 77.4 cm³/mol. The van der Waals surface area contributed by atoms with Crippen molar-refractivity contribution in [1.82, 2.24) is 0 Å². The SMILES string of the molecule is BrCc1ccc(C2(CBr)C=CC=CC2)cc1. The Morgan fingerprint density at radius 3 is 2.31 bits per heavy atom. The van der Waals surface area contributed by atoms with Gasteiger partial charge in [-0.2, -0.15) is 0 Å². The average Bonchev–Trinajstić information content (AvgIpc) is 2.39. The van der Waals surface area contributed by atoms with Gasteiger partial charge >= 0.3 is 0 Å². The maximum Gasteiger partial charge on any atom is 0.0283 e. The molecule has 0 aromatic heterocycles. The molecule has 0 saturated carbocycles. The van der Waals surface area contributed by atoms with Crippen LogP contribution in [0.15, 0.2) is 48.6 Å². The van der Waals surface area contributed by atoms with E-state index in [0.29, 0.717) is 0 Å². The van der Waals surface area contributed by atoms with Gasteiger partial charge in [-0.25, -0.2) is 0 Å². The third kappa shape index (κ3) is 2.33. The van der Waals surface area contributed by atoms with Crippen LogP contribution in [0, 0.1) is 0 Å². The smallest absolute Gasteiger partial charge is 0.0283 e. The van der Waals surface area contributed by atoms with Crippen LogP contribution in [-0.2, 0) is 10.7 Å². The largest absolute Gasteiger partial charge is 0.0915 e. The molecule has 0 amide bonds. The quantitative estimate of drug-likeness (QED) is 0.697. The van der Waals surface area contributed by atoms with Crippen LogP contribution in [-0.4, -0.2) is 5.33 Å². The second kappa shape index (κ2) is 5.33. The summed E-state index contributed by atoms with van der Waals surface area (Å²) in [5.41, 5.74) is 2.85. The Morgan fingerprint density at radius 2 is 1.81 bits per heavy atom. The van der Waals surface area contributed by atoms with Crippen molar-refractivity contribution in [2.24, 2.45) is 0 Å². The molecule has 0 heterocycles. The molecule has 0 fully saturated rings. The molecule has 0 nitrogen and oxygen atoms in total. The molecule has 1 unspecified atom stereocenters. The summed E-state index contributed by atoms with van der Waals surface area (Å²) in [7, 11) is 0. The summed E-state index contributed by atoms with van der Waals surface area (Å²) in [5.74, 6) is 0. The number of alkyl halides is 2. The molecule has 0 bridgehead atoms. The number of halogens is 2. The Bertz CT molecular complexity index is 403. The molecule has 0 saturated heterocycles. The summed E-state index contributed by atoms with van der Waals surface area (Å²) in [5, 5.41) is 1.89. The molecule has 0 aliphatic heterocycles. The van der Waals surface area contributed by atoms with E-state index in [2.05, 4.69) is 80.4 Å². The van der Waals surface area contributed by atoms with Crippen LogP contribution in [0.2, 0.25) is 0 Å². The molecular formula is C14H14Br2. The lowest BCUT2D eigenvalue weighted by Gasteiger charge is -2.30. The molecule has 0 spiro atoms. The van der Waals surface area contributed by atoms with Crippen LogP contribution in [0.3, 0.4) is 0 Å². The molecule has 0 N–H and O–H groups in total. The van der Waals surface area contributed by atoms with E-state index in [-0.39, 0.29) is 5.41 Å². The first kappa shape index (κ1) is 12.1. The summed E-state index contributed by atoms with van der Waals surface area (Å²) in [6.07, 6.45) is 9.86. The van der Waals surface area contributed by atoms with E-state index in [1.807, 2.05) is 0 Å². The Kier molecular flexibility index (Phi) is 4.04. The lowest BCUT2D eigenvalue weighted by molar-refractivity contribution is 0.615. The zero-order chi connectivity index (χ0) is 11.4. The van der Waals surface area contributed by atoms with Crippen molar-refractivity contribution in [3.63, 3.8) is 0 Å². The highest BCUT2D eigenvalue weighted by Gasteiger charge is 2.27. The van der Waals surface area contributed by atoms with Crippen molar-refractivity contribution in [2.75, 3.05) is 5.33 Å².